The first-order valence-corrected chi connectivity index (χ1v) is 9.35. The van der Waals surface area contributed by atoms with E-state index >= 15 is 0 Å². The number of benzene rings is 2. The van der Waals surface area contributed by atoms with Crippen LogP contribution in [0.3, 0.4) is 0 Å². The number of aryl methyl sites for hydroxylation is 1. The molecule has 0 fully saturated rings. The minimum atomic E-state index is -0.270. The monoisotopic (exact) mass is 365 g/mol. The van der Waals surface area contributed by atoms with Gasteiger partial charge in [0.25, 0.3) is 5.56 Å². The maximum atomic E-state index is 12.3. The standard InChI is InChI=1S/C20H19N3O2S/c1-14-3-5-15(6-4-14)18-11-20(25)23(13-21-18)12-19(24)22-16-7-9-17(26-2)10-8-16/h3-11,13H,12H2,1-2H3,(H,22,24). The van der Waals surface area contributed by atoms with Crippen molar-refractivity contribution in [1.82, 2.24) is 9.55 Å². The number of nitrogens with one attached hydrogen (secondary N) is 1. The Morgan fingerprint density at radius 2 is 1.81 bits per heavy atom. The van der Waals surface area contributed by atoms with E-state index in [1.165, 1.54) is 17.0 Å². The van der Waals surface area contributed by atoms with E-state index in [2.05, 4.69) is 10.3 Å². The Balaban J connectivity index is 1.70. The smallest absolute Gasteiger partial charge is 0.254 e. The molecule has 0 unspecified atom stereocenters. The van der Waals surface area contributed by atoms with Gasteiger partial charge in [0, 0.05) is 22.2 Å². The molecule has 0 aliphatic carbocycles. The summed E-state index contributed by atoms with van der Waals surface area (Å²) in [6, 6.07) is 16.8. The lowest BCUT2D eigenvalue weighted by Crippen LogP contribution is -2.27. The lowest BCUT2D eigenvalue weighted by molar-refractivity contribution is -0.116. The molecule has 6 heteroatoms. The molecule has 1 amide bonds. The quantitative estimate of drug-likeness (QED) is 0.702. The molecule has 0 aliphatic rings. The van der Waals surface area contributed by atoms with Gasteiger partial charge in [-0.05, 0) is 37.4 Å². The van der Waals surface area contributed by atoms with Crippen molar-refractivity contribution in [2.45, 2.75) is 18.4 Å². The number of anilines is 1. The Morgan fingerprint density at radius 1 is 1.12 bits per heavy atom. The van der Waals surface area contributed by atoms with E-state index in [0.29, 0.717) is 11.4 Å². The van der Waals surface area contributed by atoms with E-state index in [0.717, 1.165) is 16.0 Å². The molecular weight excluding hydrogens is 346 g/mol. The average Bonchev–Trinajstić information content (AvgIpc) is 2.64. The summed E-state index contributed by atoms with van der Waals surface area (Å²) in [7, 11) is 0. The lowest BCUT2D eigenvalue weighted by Gasteiger charge is -2.08. The molecule has 1 aromatic heterocycles. The highest BCUT2D eigenvalue weighted by Crippen LogP contribution is 2.17. The van der Waals surface area contributed by atoms with Gasteiger partial charge in [-0.25, -0.2) is 4.98 Å². The summed E-state index contributed by atoms with van der Waals surface area (Å²) in [5, 5.41) is 2.79. The van der Waals surface area contributed by atoms with E-state index in [1.54, 1.807) is 11.8 Å². The van der Waals surface area contributed by atoms with Gasteiger partial charge >= 0.3 is 0 Å². The molecular formula is C20H19N3O2S. The van der Waals surface area contributed by atoms with Crippen molar-refractivity contribution in [2.24, 2.45) is 0 Å². The zero-order chi connectivity index (χ0) is 18.5. The minimum absolute atomic E-state index is 0.0791. The Hall–Kier alpha value is -2.86. The summed E-state index contributed by atoms with van der Waals surface area (Å²) in [6.45, 7) is 1.92. The third-order valence-electron chi connectivity index (χ3n) is 3.91. The number of rotatable bonds is 5. The van der Waals surface area contributed by atoms with Gasteiger partial charge in [-0.15, -0.1) is 11.8 Å². The fourth-order valence-electron chi connectivity index (χ4n) is 2.46. The van der Waals surface area contributed by atoms with E-state index in [9.17, 15) is 9.59 Å². The van der Waals surface area contributed by atoms with Gasteiger partial charge in [-0.2, -0.15) is 0 Å². The number of carbonyl (C=O) groups excluding carboxylic acids is 1. The predicted octanol–water partition coefficient (Wildman–Crippen LogP) is 3.58. The molecule has 5 nitrogen and oxygen atoms in total. The number of amides is 1. The number of hydrogen-bond donors (Lipinski definition) is 1. The van der Waals surface area contributed by atoms with Crippen LogP contribution in [0.4, 0.5) is 5.69 Å². The van der Waals surface area contributed by atoms with Crippen molar-refractivity contribution in [1.29, 1.82) is 0 Å². The second-order valence-corrected chi connectivity index (χ2v) is 6.76. The van der Waals surface area contributed by atoms with E-state index in [4.69, 9.17) is 0 Å². The fourth-order valence-corrected chi connectivity index (χ4v) is 2.86. The van der Waals surface area contributed by atoms with Gasteiger partial charge in [0.15, 0.2) is 0 Å². The van der Waals surface area contributed by atoms with E-state index in [1.807, 2.05) is 61.7 Å². The first kappa shape index (κ1) is 17.9. The van der Waals surface area contributed by atoms with Gasteiger partial charge in [0.05, 0.1) is 12.0 Å². The largest absolute Gasteiger partial charge is 0.325 e. The second-order valence-electron chi connectivity index (χ2n) is 5.88. The molecule has 26 heavy (non-hydrogen) atoms. The summed E-state index contributed by atoms with van der Waals surface area (Å²) in [5.41, 5.74) is 3.05. The van der Waals surface area contributed by atoms with Crippen molar-refractivity contribution in [3.05, 3.63) is 76.8 Å². The van der Waals surface area contributed by atoms with Crippen LogP contribution in [0.25, 0.3) is 11.3 Å². The highest BCUT2D eigenvalue weighted by molar-refractivity contribution is 7.98. The van der Waals surface area contributed by atoms with E-state index in [-0.39, 0.29) is 18.0 Å². The number of nitrogens with zero attached hydrogens (tertiary/aromatic N) is 2. The number of thioether (sulfide) groups is 1. The zero-order valence-corrected chi connectivity index (χ0v) is 15.4. The Labute approximate surface area is 156 Å². The van der Waals surface area contributed by atoms with Crippen molar-refractivity contribution in [2.75, 3.05) is 11.6 Å². The van der Waals surface area contributed by atoms with Gasteiger partial charge < -0.3 is 5.32 Å². The molecule has 0 spiro atoms. The molecule has 1 N–H and O–H groups in total. The summed E-state index contributed by atoms with van der Waals surface area (Å²) < 4.78 is 1.29. The molecule has 132 valence electrons. The molecule has 3 aromatic rings. The molecule has 0 saturated carbocycles. The van der Waals surface area contributed by atoms with Crippen molar-refractivity contribution < 1.29 is 4.79 Å². The summed E-state index contributed by atoms with van der Waals surface area (Å²) in [5.74, 6) is -0.270. The summed E-state index contributed by atoms with van der Waals surface area (Å²) >= 11 is 1.63. The normalized spacial score (nSPS) is 10.5. The Kier molecular flexibility index (Phi) is 5.53. The van der Waals surface area contributed by atoms with E-state index < -0.39 is 0 Å². The molecule has 3 rings (SSSR count). The topological polar surface area (TPSA) is 64.0 Å². The van der Waals surface area contributed by atoms with Crippen LogP contribution in [0, 0.1) is 6.92 Å². The number of aromatic nitrogens is 2. The van der Waals surface area contributed by atoms with Crippen LogP contribution in [0.15, 0.2) is 70.6 Å². The highest BCUT2D eigenvalue weighted by Gasteiger charge is 2.08. The molecule has 0 saturated heterocycles. The number of carbonyl (C=O) groups is 1. The molecule has 0 bridgehead atoms. The van der Waals surface area contributed by atoms with Crippen LogP contribution in [-0.4, -0.2) is 21.7 Å². The fraction of sp³-hybridized carbons (Fsp3) is 0.150. The zero-order valence-electron chi connectivity index (χ0n) is 14.6. The Morgan fingerprint density at radius 3 is 2.42 bits per heavy atom. The first-order chi connectivity index (χ1) is 12.5. The van der Waals surface area contributed by atoms with Crippen LogP contribution in [0.2, 0.25) is 0 Å². The first-order valence-electron chi connectivity index (χ1n) is 8.12. The van der Waals surface area contributed by atoms with Crippen molar-refractivity contribution in [3.8, 4) is 11.3 Å². The third kappa shape index (κ3) is 4.40. The molecule has 0 radical (unpaired) electrons. The third-order valence-corrected chi connectivity index (χ3v) is 4.66. The van der Waals surface area contributed by atoms with Gasteiger partial charge in [-0.1, -0.05) is 29.8 Å². The lowest BCUT2D eigenvalue weighted by atomic mass is 10.1. The second kappa shape index (κ2) is 8.01. The molecule has 2 aromatic carbocycles. The van der Waals surface area contributed by atoms with Crippen molar-refractivity contribution >= 4 is 23.4 Å². The SMILES string of the molecule is CSc1ccc(NC(=O)Cn2cnc(-c3ccc(C)cc3)cc2=O)cc1. The molecule has 0 aliphatic heterocycles. The van der Waals surface area contributed by atoms with Gasteiger partial charge in [0.1, 0.15) is 6.54 Å². The van der Waals surface area contributed by atoms with Crippen LogP contribution in [0.5, 0.6) is 0 Å². The summed E-state index contributed by atoms with van der Waals surface area (Å²) in [4.78, 5) is 29.9. The minimum Gasteiger partial charge on any atom is -0.325 e. The predicted molar refractivity (Wildman–Crippen MR) is 106 cm³/mol. The van der Waals surface area contributed by atoms with Gasteiger partial charge in [-0.3, -0.25) is 14.2 Å². The maximum absolute atomic E-state index is 12.3. The average molecular weight is 365 g/mol. The Bertz CT molecular complexity index is 964. The number of hydrogen-bond acceptors (Lipinski definition) is 4. The molecule has 1 heterocycles. The van der Waals surface area contributed by atoms with Crippen LogP contribution >= 0.6 is 11.8 Å². The highest BCUT2D eigenvalue weighted by atomic mass is 32.2. The van der Waals surface area contributed by atoms with Crippen molar-refractivity contribution in [3.63, 3.8) is 0 Å². The van der Waals surface area contributed by atoms with Crippen LogP contribution in [-0.2, 0) is 11.3 Å². The van der Waals surface area contributed by atoms with Crippen LogP contribution < -0.4 is 10.9 Å². The molecule has 0 atom stereocenters. The summed E-state index contributed by atoms with van der Waals surface area (Å²) in [6.07, 6.45) is 3.40. The maximum Gasteiger partial charge on any atom is 0.254 e. The van der Waals surface area contributed by atoms with Gasteiger partial charge in [0.2, 0.25) is 5.91 Å². The van der Waals surface area contributed by atoms with Crippen LogP contribution in [0.1, 0.15) is 5.56 Å².